The molecule has 0 saturated carbocycles. The van der Waals surface area contributed by atoms with Gasteiger partial charge in [0.15, 0.2) is 0 Å². The maximum absolute atomic E-state index is 3.34. The van der Waals surface area contributed by atoms with E-state index in [4.69, 9.17) is 0 Å². The molecule has 0 bridgehead atoms. The van der Waals surface area contributed by atoms with Gasteiger partial charge in [0.2, 0.25) is 0 Å². The van der Waals surface area contributed by atoms with Gasteiger partial charge in [-0.25, -0.2) is 24.3 Å². The van der Waals surface area contributed by atoms with Crippen LogP contribution in [-0.2, 0) is 24.2 Å². The summed E-state index contributed by atoms with van der Waals surface area (Å²) in [5.41, 5.74) is 0. The molecule has 2 radical (unpaired) electrons. The predicted molar refractivity (Wildman–Crippen MR) is 97.0 cm³/mol. The summed E-state index contributed by atoms with van der Waals surface area (Å²) >= 11 is 1.30. The molecule has 0 N–H and O–H groups in total. The van der Waals surface area contributed by atoms with Gasteiger partial charge < -0.3 is 0 Å². The van der Waals surface area contributed by atoms with Crippen LogP contribution in [0.25, 0.3) is 0 Å². The van der Waals surface area contributed by atoms with Crippen LogP contribution in [0.1, 0.15) is 12.8 Å². The topological polar surface area (TPSA) is 0 Å². The summed E-state index contributed by atoms with van der Waals surface area (Å²) in [6.07, 6.45) is 20.0. The minimum absolute atomic E-state index is 0.120. The third-order valence-electron chi connectivity index (χ3n) is 1.17. The summed E-state index contributed by atoms with van der Waals surface area (Å²) in [7, 11) is 0.241. The summed E-state index contributed by atoms with van der Waals surface area (Å²) in [6, 6.07) is 0. The van der Waals surface area contributed by atoms with Gasteiger partial charge in [-0.3, -0.25) is 12.2 Å². The van der Waals surface area contributed by atoms with Crippen molar-refractivity contribution in [1.82, 2.24) is 0 Å². The third kappa shape index (κ3) is 51.8. The van der Waals surface area contributed by atoms with E-state index in [1.165, 1.54) is 24.2 Å². The molecule has 0 atom stereocenters. The summed E-state index contributed by atoms with van der Waals surface area (Å²) in [5.74, 6) is 0. The second-order valence-corrected chi connectivity index (χ2v) is 11.0. The molecule has 0 amide bonds. The molecule has 0 aromatic rings. The molecule has 0 aromatic carbocycles. The van der Waals surface area contributed by atoms with Crippen molar-refractivity contribution in [3.63, 3.8) is 0 Å². The van der Waals surface area contributed by atoms with Crippen LogP contribution in [0.15, 0.2) is 36.5 Å². The SMILES string of the molecule is C[Si](C)C.C[Si](C)C.[C-]1=CC=CC1.[C-]1=CC=CC1.[CH2]=[Zr+2]. The molecule has 0 nitrogen and oxygen atoms in total. The molecule has 0 heterocycles. The Bertz CT molecular complexity index is 223. The van der Waals surface area contributed by atoms with Crippen LogP contribution in [0, 0.1) is 12.2 Å². The monoisotopic (exact) mass is 380 g/mol. The average molecular weight is 382 g/mol. The van der Waals surface area contributed by atoms with Gasteiger partial charge in [-0.05, 0) is 0 Å². The Labute approximate surface area is 146 Å². The van der Waals surface area contributed by atoms with Gasteiger partial charge >= 0.3 is 28.4 Å². The zero-order valence-corrected chi connectivity index (χ0v) is 18.5. The fourth-order valence-corrected chi connectivity index (χ4v) is 0.680. The van der Waals surface area contributed by atoms with E-state index < -0.39 is 0 Å². The molecule has 2 aliphatic carbocycles. The molecular weight excluding hydrogens is 352 g/mol. The van der Waals surface area contributed by atoms with Crippen molar-refractivity contribution in [2.45, 2.75) is 52.1 Å². The van der Waals surface area contributed by atoms with Gasteiger partial charge in [0.05, 0.1) is 0 Å². The standard InChI is InChI=1S/2C5H5.2C3H9Si.CH2.Zr/c2*1-2-4-5-3-1;2*1-4(2)3;;/h2*1-3H,4H2;2*1-3H3;1H2;/q2*-1;;;;+2. The first-order valence-corrected chi connectivity index (χ1v) is 14.5. The molecule has 0 saturated heterocycles. The molecular formula is C17H30Si2Zr. The van der Waals surface area contributed by atoms with Crippen LogP contribution in [-0.4, -0.2) is 21.8 Å². The Balaban J connectivity index is -0.000000187. The summed E-state index contributed by atoms with van der Waals surface area (Å²) in [6.45, 7) is 13.6. The van der Waals surface area contributed by atoms with Crippen molar-refractivity contribution < 1.29 is 24.2 Å². The van der Waals surface area contributed by atoms with Crippen molar-refractivity contribution in [2.75, 3.05) is 0 Å². The Hall–Kier alpha value is 0.147. The van der Waals surface area contributed by atoms with E-state index in [-0.39, 0.29) is 17.6 Å². The molecule has 110 valence electrons. The second-order valence-electron chi connectivity index (χ2n) is 5.01. The molecule has 3 heteroatoms. The van der Waals surface area contributed by atoms with Crippen LogP contribution in [0.4, 0.5) is 0 Å². The van der Waals surface area contributed by atoms with Crippen LogP contribution in [0.5, 0.6) is 0 Å². The quantitative estimate of drug-likeness (QED) is 0.393. The zero-order valence-electron chi connectivity index (χ0n) is 14.1. The van der Waals surface area contributed by atoms with Gasteiger partial charge in [0, 0.05) is 17.6 Å². The third-order valence-corrected chi connectivity index (χ3v) is 1.17. The molecule has 0 spiro atoms. The van der Waals surface area contributed by atoms with E-state index in [1.54, 1.807) is 0 Å². The number of rotatable bonds is 0. The first-order valence-electron chi connectivity index (χ1n) is 6.79. The first kappa shape index (κ1) is 25.1. The molecule has 2 rings (SSSR count). The number of allylic oxidation sites excluding steroid dienone is 8. The Morgan fingerprint density at radius 3 is 1.05 bits per heavy atom. The van der Waals surface area contributed by atoms with Gasteiger partial charge in [-0.1, -0.05) is 39.3 Å². The fraction of sp³-hybridized carbons (Fsp3) is 0.471. The fourth-order valence-electron chi connectivity index (χ4n) is 0.680. The average Bonchev–Trinajstić information content (AvgIpc) is 3.09. The normalized spacial score (nSPS) is 12.7. The van der Waals surface area contributed by atoms with E-state index in [9.17, 15) is 0 Å². The molecule has 0 unspecified atom stereocenters. The number of hydrogen-bond acceptors (Lipinski definition) is 0. The van der Waals surface area contributed by atoms with Crippen LogP contribution < -0.4 is 0 Å². The van der Waals surface area contributed by atoms with Crippen LogP contribution >= 0.6 is 0 Å². The molecule has 2 aliphatic rings. The van der Waals surface area contributed by atoms with Gasteiger partial charge in [0.1, 0.15) is 0 Å². The van der Waals surface area contributed by atoms with E-state index in [0.717, 1.165) is 12.8 Å². The Morgan fingerprint density at radius 2 is 1.00 bits per heavy atom. The second kappa shape index (κ2) is 24.2. The van der Waals surface area contributed by atoms with E-state index in [0.29, 0.717) is 0 Å². The molecule has 0 fully saturated rings. The van der Waals surface area contributed by atoms with Crippen molar-refractivity contribution in [3.8, 4) is 0 Å². The maximum atomic E-state index is 3.34. The van der Waals surface area contributed by atoms with Crippen LogP contribution in [0.2, 0.25) is 39.3 Å². The van der Waals surface area contributed by atoms with E-state index in [1.807, 2.05) is 24.3 Å². The molecule has 0 aliphatic heterocycles. The van der Waals surface area contributed by atoms with Gasteiger partial charge in [-0.2, -0.15) is 12.2 Å². The number of hydrogen-bond donors (Lipinski definition) is 0. The summed E-state index contributed by atoms with van der Waals surface area (Å²) < 4.78 is 3.34. The van der Waals surface area contributed by atoms with E-state index >= 15 is 0 Å². The zero-order chi connectivity index (χ0) is 16.2. The molecule has 0 aromatic heterocycles. The predicted octanol–water partition coefficient (Wildman–Crippen LogP) is 5.32. The van der Waals surface area contributed by atoms with Gasteiger partial charge in [-0.15, -0.1) is 12.8 Å². The van der Waals surface area contributed by atoms with Gasteiger partial charge in [0.25, 0.3) is 0 Å². The first-order chi connectivity index (χ1) is 9.46. The molecule has 20 heavy (non-hydrogen) atoms. The van der Waals surface area contributed by atoms with Crippen LogP contribution in [0.3, 0.4) is 0 Å². The van der Waals surface area contributed by atoms with Crippen molar-refractivity contribution in [1.29, 1.82) is 0 Å². The van der Waals surface area contributed by atoms with Crippen molar-refractivity contribution >= 4 is 21.8 Å². The Morgan fingerprint density at radius 1 is 0.750 bits per heavy atom. The summed E-state index contributed by atoms with van der Waals surface area (Å²) in [5, 5.41) is 0. The van der Waals surface area contributed by atoms with E-state index in [2.05, 4.69) is 67.8 Å². The minimum atomic E-state index is 0.120. The Kier molecular flexibility index (Phi) is 30.4. The summed E-state index contributed by atoms with van der Waals surface area (Å²) in [4.78, 5) is 0. The van der Waals surface area contributed by atoms with Crippen molar-refractivity contribution in [2.24, 2.45) is 0 Å². The van der Waals surface area contributed by atoms with Crippen molar-refractivity contribution in [3.05, 3.63) is 48.6 Å².